The summed E-state index contributed by atoms with van der Waals surface area (Å²) >= 11 is 0. The van der Waals surface area contributed by atoms with Crippen LogP contribution in [0.2, 0.25) is 0 Å². The molecule has 0 bridgehead atoms. The van der Waals surface area contributed by atoms with Gasteiger partial charge in [-0.05, 0) is 53.7 Å². The van der Waals surface area contributed by atoms with Crippen molar-refractivity contribution in [2.75, 3.05) is 0 Å². The second-order valence-corrected chi connectivity index (χ2v) is 6.88. The molecule has 21 heavy (non-hydrogen) atoms. The van der Waals surface area contributed by atoms with Gasteiger partial charge in [0, 0.05) is 0 Å². The minimum absolute atomic E-state index is 0.0451. The molecule has 0 fully saturated rings. The van der Waals surface area contributed by atoms with E-state index in [-0.39, 0.29) is 12.4 Å². The van der Waals surface area contributed by atoms with Crippen LogP contribution in [0.5, 0.6) is 5.75 Å². The van der Waals surface area contributed by atoms with Crippen molar-refractivity contribution in [1.29, 1.82) is 0 Å². The maximum absolute atomic E-state index is 12.0. The lowest BCUT2D eigenvalue weighted by molar-refractivity contribution is -0.236. The first kappa shape index (κ1) is 17.7. The molecule has 0 radical (unpaired) electrons. The molecule has 4 nitrogen and oxygen atoms in total. The van der Waals surface area contributed by atoms with Crippen molar-refractivity contribution in [3.8, 4) is 5.75 Å². The third kappa shape index (κ3) is 8.48. The van der Waals surface area contributed by atoms with E-state index in [2.05, 4.69) is 0 Å². The number of hydrogen-bond acceptors (Lipinski definition) is 4. The van der Waals surface area contributed by atoms with Gasteiger partial charge in [-0.2, -0.15) is 0 Å². The van der Waals surface area contributed by atoms with Gasteiger partial charge in [0.25, 0.3) is 0 Å². The second-order valence-electron chi connectivity index (χ2n) is 6.88. The highest BCUT2D eigenvalue weighted by Gasteiger charge is 2.27. The summed E-state index contributed by atoms with van der Waals surface area (Å²) in [6, 6.07) is 8.98. The molecule has 0 N–H and O–H groups in total. The summed E-state index contributed by atoms with van der Waals surface area (Å²) < 4.78 is 16.9. The third-order valence-electron chi connectivity index (χ3n) is 2.28. The zero-order valence-electron chi connectivity index (χ0n) is 13.8. The highest BCUT2D eigenvalue weighted by atomic mass is 16.7. The maximum Gasteiger partial charge on any atom is 0.316 e. The van der Waals surface area contributed by atoms with Gasteiger partial charge < -0.3 is 14.2 Å². The Morgan fingerprint density at radius 2 is 1.43 bits per heavy atom. The summed E-state index contributed by atoms with van der Waals surface area (Å²) in [5.74, 6) is 0.146. The molecule has 0 spiro atoms. The van der Waals surface area contributed by atoms with Crippen molar-refractivity contribution in [3.63, 3.8) is 0 Å². The number of hydrogen-bond donors (Lipinski definition) is 0. The van der Waals surface area contributed by atoms with Crippen LogP contribution in [0, 0.1) is 0 Å². The van der Waals surface area contributed by atoms with Gasteiger partial charge in [0.2, 0.25) is 0 Å². The minimum Gasteiger partial charge on any atom is -0.426 e. The topological polar surface area (TPSA) is 44.8 Å². The SMILES string of the molecule is CC(C)(C)OC(CC(=O)Oc1ccccc1)OC(C)(C)C. The molecule has 0 aliphatic rings. The summed E-state index contributed by atoms with van der Waals surface area (Å²) in [6.45, 7) is 11.6. The van der Waals surface area contributed by atoms with Crippen molar-refractivity contribution < 1.29 is 19.0 Å². The van der Waals surface area contributed by atoms with E-state index in [9.17, 15) is 4.79 Å². The van der Waals surface area contributed by atoms with Crippen molar-refractivity contribution in [2.45, 2.75) is 65.5 Å². The van der Waals surface area contributed by atoms with Crippen LogP contribution in [0.15, 0.2) is 30.3 Å². The third-order valence-corrected chi connectivity index (χ3v) is 2.28. The van der Waals surface area contributed by atoms with E-state index in [0.29, 0.717) is 5.75 Å². The van der Waals surface area contributed by atoms with E-state index in [0.717, 1.165) is 0 Å². The molecule has 1 aromatic rings. The lowest BCUT2D eigenvalue weighted by Gasteiger charge is -2.32. The molecule has 0 heterocycles. The summed E-state index contributed by atoms with van der Waals surface area (Å²) in [5, 5.41) is 0. The van der Waals surface area contributed by atoms with Crippen molar-refractivity contribution in [3.05, 3.63) is 30.3 Å². The van der Waals surface area contributed by atoms with Crippen LogP contribution in [0.25, 0.3) is 0 Å². The fourth-order valence-electron chi connectivity index (χ4n) is 1.69. The van der Waals surface area contributed by atoms with Crippen molar-refractivity contribution in [2.24, 2.45) is 0 Å². The van der Waals surface area contributed by atoms with Gasteiger partial charge in [-0.15, -0.1) is 0 Å². The Hall–Kier alpha value is -1.39. The molecule has 1 rings (SSSR count). The Bertz CT molecular complexity index is 424. The Kier molecular flexibility index (Phi) is 5.93. The van der Waals surface area contributed by atoms with Crippen LogP contribution in [-0.4, -0.2) is 23.5 Å². The van der Waals surface area contributed by atoms with Gasteiger partial charge in [-0.1, -0.05) is 18.2 Å². The van der Waals surface area contributed by atoms with E-state index in [1.165, 1.54) is 0 Å². The van der Waals surface area contributed by atoms with Crippen LogP contribution in [-0.2, 0) is 14.3 Å². The van der Waals surface area contributed by atoms with E-state index >= 15 is 0 Å². The van der Waals surface area contributed by atoms with E-state index in [1.54, 1.807) is 12.1 Å². The van der Waals surface area contributed by atoms with Gasteiger partial charge in [0.1, 0.15) is 5.75 Å². The maximum atomic E-state index is 12.0. The molecule has 4 heteroatoms. The number of ether oxygens (including phenoxy) is 3. The predicted octanol–water partition coefficient (Wildman–Crippen LogP) is 3.94. The Labute approximate surface area is 127 Å². The highest BCUT2D eigenvalue weighted by Crippen LogP contribution is 2.21. The molecule has 0 unspecified atom stereocenters. The summed E-state index contributed by atoms with van der Waals surface area (Å²) in [6.07, 6.45) is -0.593. The molecular formula is C17H26O4. The number of benzene rings is 1. The molecule has 0 saturated heterocycles. The van der Waals surface area contributed by atoms with Gasteiger partial charge in [-0.3, -0.25) is 4.79 Å². The molecule has 0 amide bonds. The molecule has 0 aliphatic carbocycles. The van der Waals surface area contributed by atoms with Crippen LogP contribution in [0.4, 0.5) is 0 Å². The Morgan fingerprint density at radius 1 is 0.952 bits per heavy atom. The average Bonchev–Trinajstić information content (AvgIpc) is 2.24. The highest BCUT2D eigenvalue weighted by molar-refractivity contribution is 5.72. The summed E-state index contributed by atoms with van der Waals surface area (Å²) in [4.78, 5) is 12.0. The lowest BCUT2D eigenvalue weighted by atomic mass is 10.1. The average molecular weight is 294 g/mol. The van der Waals surface area contributed by atoms with E-state index < -0.39 is 17.5 Å². The quantitative estimate of drug-likeness (QED) is 0.469. The second kappa shape index (κ2) is 7.05. The van der Waals surface area contributed by atoms with E-state index in [4.69, 9.17) is 14.2 Å². The Balaban J connectivity index is 2.65. The van der Waals surface area contributed by atoms with Gasteiger partial charge in [0.05, 0.1) is 17.6 Å². The van der Waals surface area contributed by atoms with Crippen LogP contribution >= 0.6 is 0 Å². The largest absolute Gasteiger partial charge is 0.426 e. The molecule has 118 valence electrons. The molecule has 1 aromatic carbocycles. The Morgan fingerprint density at radius 3 is 1.86 bits per heavy atom. The molecule has 0 atom stereocenters. The molecule has 0 aliphatic heterocycles. The van der Waals surface area contributed by atoms with E-state index in [1.807, 2.05) is 59.7 Å². The van der Waals surface area contributed by atoms with Crippen LogP contribution in [0.3, 0.4) is 0 Å². The van der Waals surface area contributed by atoms with Gasteiger partial charge in [-0.25, -0.2) is 0 Å². The normalized spacial score (nSPS) is 12.5. The lowest BCUT2D eigenvalue weighted by Crippen LogP contribution is -2.37. The first-order chi connectivity index (χ1) is 9.55. The fraction of sp³-hybridized carbons (Fsp3) is 0.588. The van der Waals surface area contributed by atoms with Gasteiger partial charge in [0.15, 0.2) is 6.29 Å². The smallest absolute Gasteiger partial charge is 0.316 e. The number of carbonyl (C=O) groups excluding carboxylic acids is 1. The standard InChI is InChI=1S/C17H26O4/c1-16(2,3)20-15(21-17(4,5)6)12-14(18)19-13-10-8-7-9-11-13/h7-11,15H,12H2,1-6H3. The first-order valence-electron chi connectivity index (χ1n) is 7.16. The van der Waals surface area contributed by atoms with Crippen molar-refractivity contribution in [1.82, 2.24) is 0 Å². The molecule has 0 saturated carbocycles. The summed E-state index contributed by atoms with van der Waals surface area (Å²) in [7, 11) is 0. The minimum atomic E-state index is -0.638. The van der Waals surface area contributed by atoms with Crippen LogP contribution in [0.1, 0.15) is 48.0 Å². The number of para-hydroxylation sites is 1. The number of carbonyl (C=O) groups is 1. The van der Waals surface area contributed by atoms with Crippen LogP contribution < -0.4 is 4.74 Å². The number of rotatable bonds is 5. The van der Waals surface area contributed by atoms with Crippen molar-refractivity contribution >= 4 is 5.97 Å². The first-order valence-corrected chi connectivity index (χ1v) is 7.16. The molecule has 0 aromatic heterocycles. The fourth-order valence-corrected chi connectivity index (χ4v) is 1.69. The number of esters is 1. The zero-order valence-corrected chi connectivity index (χ0v) is 13.8. The monoisotopic (exact) mass is 294 g/mol. The molecular weight excluding hydrogens is 268 g/mol. The predicted molar refractivity (Wildman–Crippen MR) is 82.2 cm³/mol. The summed E-state index contributed by atoms with van der Waals surface area (Å²) in [5.41, 5.74) is -0.800. The zero-order chi connectivity index (χ0) is 16.1. The van der Waals surface area contributed by atoms with Gasteiger partial charge >= 0.3 is 5.97 Å².